The zero-order valence-electron chi connectivity index (χ0n) is 15.9. The summed E-state index contributed by atoms with van der Waals surface area (Å²) in [7, 11) is -4.23. The number of hydrogen-bond acceptors (Lipinski definition) is 10. The Hall–Kier alpha value is -3.12. The van der Waals surface area contributed by atoms with Gasteiger partial charge in [-0.15, -0.1) is 6.42 Å². The number of nitrogens with one attached hydrogen (secondary N) is 1. The van der Waals surface area contributed by atoms with E-state index in [4.69, 9.17) is 16.3 Å². The molecule has 1 saturated heterocycles. The maximum Gasteiger partial charge on any atom is 0.333 e. The van der Waals surface area contributed by atoms with E-state index in [0.29, 0.717) is 28.2 Å². The first-order valence-electron chi connectivity index (χ1n) is 8.97. The van der Waals surface area contributed by atoms with E-state index in [1.54, 1.807) is 18.2 Å². The van der Waals surface area contributed by atoms with Crippen LogP contribution in [0.5, 0.6) is 0 Å². The summed E-state index contributed by atoms with van der Waals surface area (Å²) in [5, 5.41) is 28.5. The Morgan fingerprint density at radius 2 is 2.10 bits per heavy atom. The number of aliphatic hydroxyl groups is 2. The van der Waals surface area contributed by atoms with Crippen molar-refractivity contribution >= 4 is 33.0 Å². The van der Waals surface area contributed by atoms with Crippen LogP contribution in [0.3, 0.4) is 0 Å². The van der Waals surface area contributed by atoms with Crippen molar-refractivity contribution in [1.82, 2.24) is 19.5 Å². The Bertz CT molecular complexity index is 1260. The SMILES string of the molecule is C#Cc1cccc(Nc2ncnc3c2ncn3[C@H]2O[C@@H](COS(N)(=O)=O)[C@H](O)[C@@H]2O)c1. The molecule has 0 spiro atoms. The summed E-state index contributed by atoms with van der Waals surface area (Å²) in [4.78, 5) is 12.7. The van der Waals surface area contributed by atoms with E-state index in [2.05, 4.69) is 30.4 Å². The topological polar surface area (TPSA) is 175 Å². The molecule has 1 aromatic carbocycles. The first kappa shape index (κ1) is 21.1. The van der Waals surface area contributed by atoms with Crippen LogP contribution in [0.25, 0.3) is 11.2 Å². The molecule has 0 bridgehead atoms. The maximum atomic E-state index is 11.0. The van der Waals surface area contributed by atoms with Gasteiger partial charge in [-0.25, -0.2) is 20.1 Å². The summed E-state index contributed by atoms with van der Waals surface area (Å²) in [6, 6.07) is 7.15. The highest BCUT2D eigenvalue weighted by Gasteiger charge is 2.45. The van der Waals surface area contributed by atoms with Crippen molar-refractivity contribution in [2.75, 3.05) is 11.9 Å². The highest BCUT2D eigenvalue weighted by molar-refractivity contribution is 7.84. The average Bonchev–Trinajstić information content (AvgIpc) is 3.28. The van der Waals surface area contributed by atoms with Crippen molar-refractivity contribution in [2.24, 2.45) is 5.14 Å². The average molecular weight is 446 g/mol. The number of benzene rings is 1. The second-order valence-corrected chi connectivity index (χ2v) is 7.94. The second-order valence-electron chi connectivity index (χ2n) is 6.72. The van der Waals surface area contributed by atoms with Gasteiger partial charge in [0.05, 0.1) is 12.9 Å². The monoisotopic (exact) mass is 446 g/mol. The molecule has 0 unspecified atom stereocenters. The van der Waals surface area contributed by atoms with E-state index in [-0.39, 0.29) is 0 Å². The van der Waals surface area contributed by atoms with Crippen molar-refractivity contribution in [3.05, 3.63) is 42.5 Å². The Kier molecular flexibility index (Phi) is 5.58. The van der Waals surface area contributed by atoms with Crippen molar-refractivity contribution in [3.63, 3.8) is 0 Å². The lowest BCUT2D eigenvalue weighted by Crippen LogP contribution is -2.35. The van der Waals surface area contributed by atoms with Crippen molar-refractivity contribution < 1.29 is 27.6 Å². The van der Waals surface area contributed by atoms with Gasteiger partial charge in [0.2, 0.25) is 0 Å². The number of fused-ring (bicyclic) bond motifs is 1. The molecule has 0 radical (unpaired) electrons. The van der Waals surface area contributed by atoms with Crippen LogP contribution in [0, 0.1) is 12.3 Å². The first-order chi connectivity index (χ1) is 14.8. The molecule has 4 atom stereocenters. The van der Waals surface area contributed by atoms with Crippen molar-refractivity contribution in [3.8, 4) is 12.3 Å². The summed E-state index contributed by atoms with van der Waals surface area (Å²) in [6.45, 7) is -0.562. The molecule has 2 aromatic heterocycles. The number of hydrogen-bond donors (Lipinski definition) is 4. The highest BCUT2D eigenvalue weighted by atomic mass is 32.2. The lowest BCUT2D eigenvalue weighted by Gasteiger charge is -2.16. The van der Waals surface area contributed by atoms with Gasteiger partial charge in [-0.2, -0.15) is 8.42 Å². The van der Waals surface area contributed by atoms with Crippen LogP contribution in [0.2, 0.25) is 0 Å². The minimum absolute atomic E-state index is 0.315. The van der Waals surface area contributed by atoms with Gasteiger partial charge in [0, 0.05) is 11.3 Å². The zero-order chi connectivity index (χ0) is 22.2. The van der Waals surface area contributed by atoms with E-state index in [1.165, 1.54) is 17.2 Å². The van der Waals surface area contributed by atoms with E-state index in [9.17, 15) is 18.6 Å². The summed E-state index contributed by atoms with van der Waals surface area (Å²) < 4.78 is 33.5. The Morgan fingerprint density at radius 3 is 2.84 bits per heavy atom. The van der Waals surface area contributed by atoms with Crippen LogP contribution in [0.1, 0.15) is 11.8 Å². The predicted octanol–water partition coefficient (Wildman–Crippen LogP) is -0.609. The Balaban J connectivity index is 1.61. The summed E-state index contributed by atoms with van der Waals surface area (Å²) in [5.41, 5.74) is 2.07. The quantitative estimate of drug-likeness (QED) is 0.358. The number of anilines is 2. The predicted molar refractivity (Wildman–Crippen MR) is 108 cm³/mol. The minimum Gasteiger partial charge on any atom is -0.387 e. The van der Waals surface area contributed by atoms with Gasteiger partial charge >= 0.3 is 10.3 Å². The lowest BCUT2D eigenvalue weighted by molar-refractivity contribution is -0.0467. The summed E-state index contributed by atoms with van der Waals surface area (Å²) >= 11 is 0. The van der Waals surface area contributed by atoms with E-state index >= 15 is 0 Å². The lowest BCUT2D eigenvalue weighted by atomic mass is 10.1. The molecule has 1 fully saturated rings. The Labute approximate surface area is 176 Å². The molecular weight excluding hydrogens is 428 g/mol. The number of aliphatic hydroxyl groups excluding tert-OH is 2. The molecule has 1 aliphatic heterocycles. The number of nitrogens with two attached hydrogens (primary N) is 1. The number of nitrogens with zero attached hydrogens (tertiary/aromatic N) is 4. The molecule has 1 aliphatic rings. The molecule has 4 rings (SSSR count). The number of ether oxygens (including phenoxy) is 1. The first-order valence-corrected chi connectivity index (χ1v) is 10.4. The fourth-order valence-electron chi connectivity index (χ4n) is 3.21. The van der Waals surface area contributed by atoms with Gasteiger partial charge in [0.25, 0.3) is 0 Å². The van der Waals surface area contributed by atoms with Gasteiger partial charge < -0.3 is 20.3 Å². The smallest absolute Gasteiger partial charge is 0.333 e. The standard InChI is InChI=1S/C18H18N6O6S/c1-2-10-4-3-5-11(6-10)23-16-13-17(21-8-20-16)24(9-22-13)18-15(26)14(25)12(30-18)7-29-31(19,27)28/h1,3-6,8-9,12,14-15,18,25-26H,7H2,(H2,19,27,28)(H,20,21,23)/t12-,14-,15-,18-/m0/s1. The van der Waals surface area contributed by atoms with Crippen molar-refractivity contribution in [2.45, 2.75) is 24.5 Å². The van der Waals surface area contributed by atoms with Gasteiger partial charge in [-0.05, 0) is 18.2 Å². The number of rotatable bonds is 6. The zero-order valence-corrected chi connectivity index (χ0v) is 16.7. The molecule has 3 aromatic rings. The number of aromatic nitrogens is 4. The third-order valence-corrected chi connectivity index (χ3v) is 5.12. The van der Waals surface area contributed by atoms with Gasteiger partial charge in [0.15, 0.2) is 23.2 Å². The molecular formula is C18H18N6O6S. The van der Waals surface area contributed by atoms with Gasteiger partial charge in [-0.3, -0.25) is 8.75 Å². The van der Waals surface area contributed by atoms with Crippen LogP contribution in [-0.2, 0) is 19.2 Å². The third kappa shape index (κ3) is 4.35. The van der Waals surface area contributed by atoms with Crippen LogP contribution < -0.4 is 10.5 Å². The minimum atomic E-state index is -4.23. The van der Waals surface area contributed by atoms with E-state index < -0.39 is 41.5 Å². The summed E-state index contributed by atoms with van der Waals surface area (Å²) in [6.07, 6.45) is 3.04. The van der Waals surface area contributed by atoms with Gasteiger partial charge in [0.1, 0.15) is 24.6 Å². The highest BCUT2D eigenvalue weighted by Crippen LogP contribution is 2.33. The molecule has 12 nitrogen and oxygen atoms in total. The van der Waals surface area contributed by atoms with Crippen molar-refractivity contribution in [1.29, 1.82) is 0 Å². The summed E-state index contributed by atoms with van der Waals surface area (Å²) in [5.74, 6) is 2.94. The molecule has 13 heteroatoms. The molecule has 3 heterocycles. The Morgan fingerprint density at radius 1 is 1.29 bits per heavy atom. The fraction of sp³-hybridized carbons (Fsp3) is 0.278. The largest absolute Gasteiger partial charge is 0.387 e. The third-order valence-electron chi connectivity index (χ3n) is 4.66. The van der Waals surface area contributed by atoms with Gasteiger partial charge in [-0.1, -0.05) is 12.0 Å². The van der Waals surface area contributed by atoms with E-state index in [0.717, 1.165) is 0 Å². The normalized spacial score (nSPS) is 23.7. The number of terminal acetylenes is 1. The van der Waals surface area contributed by atoms with Crippen LogP contribution in [0.4, 0.5) is 11.5 Å². The van der Waals surface area contributed by atoms with Crippen LogP contribution >= 0.6 is 0 Å². The molecule has 162 valence electrons. The van der Waals surface area contributed by atoms with Crippen LogP contribution in [-0.4, -0.2) is 63.1 Å². The second kappa shape index (κ2) is 8.19. The molecule has 0 saturated carbocycles. The van der Waals surface area contributed by atoms with Crippen LogP contribution in [0.15, 0.2) is 36.9 Å². The maximum absolute atomic E-state index is 11.0. The molecule has 0 aliphatic carbocycles. The fourth-order valence-corrected chi connectivity index (χ4v) is 3.54. The molecule has 5 N–H and O–H groups in total. The number of imidazole rings is 1. The molecule has 0 amide bonds. The van der Waals surface area contributed by atoms with E-state index in [1.807, 2.05) is 6.07 Å². The molecule has 31 heavy (non-hydrogen) atoms.